The summed E-state index contributed by atoms with van der Waals surface area (Å²) in [5.41, 5.74) is 0.114. The third-order valence-electron chi connectivity index (χ3n) is 2.60. The Balaban J connectivity index is 2.02. The molecule has 0 aromatic rings. The van der Waals surface area contributed by atoms with Gasteiger partial charge in [0.2, 0.25) is 0 Å². The highest BCUT2D eigenvalue weighted by Gasteiger charge is 2.47. The summed E-state index contributed by atoms with van der Waals surface area (Å²) in [6, 6.07) is 0. The largest absolute Gasteiger partial charge is 0.361 e. The number of hydrogen-bond acceptors (Lipinski definition) is 2. The van der Waals surface area contributed by atoms with Gasteiger partial charge < -0.3 is 4.74 Å². The van der Waals surface area contributed by atoms with Crippen LogP contribution in [0.25, 0.3) is 0 Å². The average molecular weight is 127 g/mol. The first kappa shape index (κ1) is 5.69. The van der Waals surface area contributed by atoms with Crippen molar-refractivity contribution in [2.75, 3.05) is 13.7 Å². The summed E-state index contributed by atoms with van der Waals surface area (Å²) >= 11 is 0. The van der Waals surface area contributed by atoms with Crippen LogP contribution in [0, 0.1) is 5.92 Å². The molecule has 1 N–H and O–H groups in total. The van der Waals surface area contributed by atoms with E-state index in [1.165, 1.54) is 19.3 Å². The Kier molecular flexibility index (Phi) is 1.08. The van der Waals surface area contributed by atoms with Gasteiger partial charge in [-0.25, -0.2) is 0 Å². The maximum atomic E-state index is 5.57. The zero-order valence-corrected chi connectivity index (χ0v) is 5.81. The first-order chi connectivity index (χ1) is 4.35. The van der Waals surface area contributed by atoms with Gasteiger partial charge in [0.15, 0.2) is 0 Å². The fraction of sp³-hybridized carbons (Fsp3) is 1.00. The second-order valence-corrected chi connectivity index (χ2v) is 3.16. The molecular weight excluding hydrogens is 114 g/mol. The molecule has 0 spiro atoms. The van der Waals surface area contributed by atoms with E-state index in [1.807, 2.05) is 7.05 Å². The molecule has 2 bridgehead atoms. The molecule has 9 heavy (non-hydrogen) atoms. The van der Waals surface area contributed by atoms with Crippen LogP contribution in [0.4, 0.5) is 0 Å². The van der Waals surface area contributed by atoms with Gasteiger partial charge in [-0.15, -0.1) is 0 Å². The van der Waals surface area contributed by atoms with Crippen LogP contribution in [0.15, 0.2) is 0 Å². The molecule has 0 unspecified atom stereocenters. The number of hydrogen-bond donors (Lipinski definition) is 1. The third-order valence-corrected chi connectivity index (χ3v) is 2.60. The zero-order valence-electron chi connectivity index (χ0n) is 5.81. The predicted octanol–water partition coefficient (Wildman–Crippen LogP) is 0.732. The van der Waals surface area contributed by atoms with Crippen LogP contribution in [-0.4, -0.2) is 19.4 Å². The topological polar surface area (TPSA) is 21.3 Å². The van der Waals surface area contributed by atoms with Gasteiger partial charge in [0.25, 0.3) is 0 Å². The highest BCUT2D eigenvalue weighted by atomic mass is 16.5. The molecule has 2 heteroatoms. The summed E-state index contributed by atoms with van der Waals surface area (Å²) in [7, 11) is 1.99. The van der Waals surface area contributed by atoms with E-state index >= 15 is 0 Å². The molecule has 0 amide bonds. The van der Waals surface area contributed by atoms with E-state index in [2.05, 4.69) is 5.32 Å². The Morgan fingerprint density at radius 2 is 2.33 bits per heavy atom. The van der Waals surface area contributed by atoms with Crippen molar-refractivity contribution in [3.8, 4) is 0 Å². The van der Waals surface area contributed by atoms with Crippen LogP contribution in [0.2, 0.25) is 0 Å². The van der Waals surface area contributed by atoms with Gasteiger partial charge in [-0.3, -0.25) is 5.32 Å². The number of rotatable bonds is 1. The molecule has 2 saturated heterocycles. The fourth-order valence-corrected chi connectivity index (χ4v) is 1.89. The van der Waals surface area contributed by atoms with Gasteiger partial charge in [-0.2, -0.15) is 0 Å². The minimum atomic E-state index is 0.114. The summed E-state index contributed by atoms with van der Waals surface area (Å²) in [6.45, 7) is 0.964. The summed E-state index contributed by atoms with van der Waals surface area (Å²) in [6.07, 6.45) is 3.76. The molecule has 0 aromatic heterocycles. The molecule has 0 radical (unpaired) electrons. The van der Waals surface area contributed by atoms with Crippen LogP contribution in [0.1, 0.15) is 19.3 Å². The third kappa shape index (κ3) is 0.700. The molecule has 1 saturated carbocycles. The fourth-order valence-electron chi connectivity index (χ4n) is 1.89. The van der Waals surface area contributed by atoms with Gasteiger partial charge >= 0.3 is 0 Å². The molecule has 2 heterocycles. The van der Waals surface area contributed by atoms with Gasteiger partial charge in [-0.05, 0) is 32.2 Å². The Hall–Kier alpha value is -0.0800. The standard InChI is InChI=1S/C7H13NO/c1-8-7-4-6(5-7)2-3-9-7/h6,8H,2-5H2,1H3. The number of fused-ring (bicyclic) bond motifs is 2. The highest BCUT2D eigenvalue weighted by Crippen LogP contribution is 2.44. The maximum Gasteiger partial charge on any atom is 0.119 e. The Labute approximate surface area is 55.6 Å². The van der Waals surface area contributed by atoms with Crippen LogP contribution in [0.3, 0.4) is 0 Å². The molecule has 3 fully saturated rings. The van der Waals surface area contributed by atoms with Gasteiger partial charge in [0, 0.05) is 6.61 Å². The lowest BCUT2D eigenvalue weighted by atomic mass is 9.73. The van der Waals surface area contributed by atoms with Crippen molar-refractivity contribution in [1.82, 2.24) is 5.32 Å². The van der Waals surface area contributed by atoms with Crippen LogP contribution in [0.5, 0.6) is 0 Å². The van der Waals surface area contributed by atoms with Crippen molar-refractivity contribution in [3.05, 3.63) is 0 Å². The van der Waals surface area contributed by atoms with E-state index in [4.69, 9.17) is 4.74 Å². The Morgan fingerprint density at radius 1 is 1.56 bits per heavy atom. The van der Waals surface area contributed by atoms with E-state index in [0.29, 0.717) is 0 Å². The lowest BCUT2D eigenvalue weighted by Gasteiger charge is -2.51. The maximum absolute atomic E-state index is 5.57. The molecule has 3 rings (SSSR count). The lowest BCUT2D eigenvalue weighted by Crippen LogP contribution is -2.59. The zero-order chi connectivity index (χ0) is 6.32. The number of nitrogens with one attached hydrogen (secondary N) is 1. The smallest absolute Gasteiger partial charge is 0.119 e. The number of ether oxygens (including phenoxy) is 1. The van der Waals surface area contributed by atoms with Gasteiger partial charge in [-0.1, -0.05) is 0 Å². The summed E-state index contributed by atoms with van der Waals surface area (Å²) in [5.74, 6) is 0.964. The molecular formula is C7H13NO. The first-order valence-corrected chi connectivity index (χ1v) is 3.67. The normalized spacial score (nSPS) is 48.3. The minimum absolute atomic E-state index is 0.114. The van der Waals surface area contributed by atoms with Crippen molar-refractivity contribution in [2.45, 2.75) is 25.0 Å². The SMILES string of the molecule is CNC12CC(CCO1)C2. The van der Waals surface area contributed by atoms with Crippen LogP contribution in [-0.2, 0) is 4.74 Å². The van der Waals surface area contributed by atoms with Crippen molar-refractivity contribution < 1.29 is 4.74 Å². The van der Waals surface area contributed by atoms with Crippen molar-refractivity contribution in [2.24, 2.45) is 5.92 Å². The Bertz CT molecular complexity index is 113. The molecule has 52 valence electrons. The molecule has 2 aliphatic heterocycles. The second kappa shape index (κ2) is 1.70. The predicted molar refractivity (Wildman–Crippen MR) is 35.1 cm³/mol. The van der Waals surface area contributed by atoms with Gasteiger partial charge in [0.1, 0.15) is 5.72 Å². The van der Waals surface area contributed by atoms with Gasteiger partial charge in [0.05, 0.1) is 0 Å². The van der Waals surface area contributed by atoms with E-state index in [1.54, 1.807) is 0 Å². The minimum Gasteiger partial charge on any atom is -0.361 e. The van der Waals surface area contributed by atoms with E-state index in [9.17, 15) is 0 Å². The highest BCUT2D eigenvalue weighted by molar-refractivity contribution is 4.95. The summed E-state index contributed by atoms with van der Waals surface area (Å²) < 4.78 is 5.57. The summed E-state index contributed by atoms with van der Waals surface area (Å²) in [5, 5.41) is 3.22. The quantitative estimate of drug-likeness (QED) is 0.560. The molecule has 0 aromatic carbocycles. The van der Waals surface area contributed by atoms with Crippen molar-refractivity contribution in [1.29, 1.82) is 0 Å². The van der Waals surface area contributed by atoms with E-state index < -0.39 is 0 Å². The summed E-state index contributed by atoms with van der Waals surface area (Å²) in [4.78, 5) is 0. The van der Waals surface area contributed by atoms with Crippen molar-refractivity contribution >= 4 is 0 Å². The molecule has 0 atom stereocenters. The van der Waals surface area contributed by atoms with Crippen molar-refractivity contribution in [3.63, 3.8) is 0 Å². The Morgan fingerprint density at radius 3 is 2.67 bits per heavy atom. The lowest BCUT2D eigenvalue weighted by molar-refractivity contribution is -0.192. The van der Waals surface area contributed by atoms with E-state index in [0.717, 1.165) is 12.5 Å². The van der Waals surface area contributed by atoms with Crippen LogP contribution >= 0.6 is 0 Å². The van der Waals surface area contributed by atoms with Crippen LogP contribution < -0.4 is 5.32 Å². The monoisotopic (exact) mass is 127 g/mol. The molecule has 3 aliphatic rings. The molecule has 1 aliphatic carbocycles. The first-order valence-electron chi connectivity index (χ1n) is 3.67. The average Bonchev–Trinajstić information content (AvgIpc) is 1.88. The van der Waals surface area contributed by atoms with E-state index in [-0.39, 0.29) is 5.72 Å². The molecule has 2 nitrogen and oxygen atoms in total. The second-order valence-electron chi connectivity index (χ2n) is 3.16.